The summed E-state index contributed by atoms with van der Waals surface area (Å²) < 4.78 is 28.1. The van der Waals surface area contributed by atoms with Crippen molar-refractivity contribution in [2.24, 2.45) is 0 Å². The SMILES string of the molecule is Cc1nc2ccc(S(=O)(=O)NCCC(=O)NC3CCCCC3)cc2s1. The number of hydrogen-bond donors (Lipinski definition) is 2. The van der Waals surface area contributed by atoms with Crippen molar-refractivity contribution in [1.82, 2.24) is 15.0 Å². The fourth-order valence-corrected chi connectivity index (χ4v) is 5.11. The van der Waals surface area contributed by atoms with Crippen molar-refractivity contribution in [2.75, 3.05) is 6.54 Å². The van der Waals surface area contributed by atoms with Crippen LogP contribution in [0.1, 0.15) is 43.5 Å². The van der Waals surface area contributed by atoms with Gasteiger partial charge in [0.1, 0.15) is 0 Å². The molecule has 0 atom stereocenters. The standard InChI is InChI=1S/C17H23N3O3S2/c1-12-19-15-8-7-14(11-16(15)24-12)25(22,23)18-10-9-17(21)20-13-5-3-2-4-6-13/h7-8,11,13,18H,2-6,9-10H2,1H3,(H,20,21). The number of benzene rings is 1. The molecule has 6 nitrogen and oxygen atoms in total. The minimum absolute atomic E-state index is 0.0943. The van der Waals surface area contributed by atoms with Crippen molar-refractivity contribution in [3.63, 3.8) is 0 Å². The second-order valence-corrected chi connectivity index (χ2v) is 9.41. The average Bonchev–Trinajstić information content (AvgIpc) is 2.94. The molecule has 1 fully saturated rings. The summed E-state index contributed by atoms with van der Waals surface area (Å²) in [5.74, 6) is -0.0943. The maximum Gasteiger partial charge on any atom is 0.240 e. The maximum atomic E-state index is 12.4. The lowest BCUT2D eigenvalue weighted by molar-refractivity contribution is -0.121. The van der Waals surface area contributed by atoms with Gasteiger partial charge in [-0.3, -0.25) is 4.79 Å². The number of sulfonamides is 1. The van der Waals surface area contributed by atoms with E-state index in [4.69, 9.17) is 0 Å². The Hall–Kier alpha value is -1.51. The average molecular weight is 382 g/mol. The van der Waals surface area contributed by atoms with Gasteiger partial charge >= 0.3 is 0 Å². The second-order valence-electron chi connectivity index (χ2n) is 6.41. The Balaban J connectivity index is 1.54. The van der Waals surface area contributed by atoms with Gasteiger partial charge in [-0.1, -0.05) is 19.3 Å². The monoisotopic (exact) mass is 381 g/mol. The maximum absolute atomic E-state index is 12.4. The van der Waals surface area contributed by atoms with E-state index in [1.165, 1.54) is 17.8 Å². The molecule has 2 N–H and O–H groups in total. The molecular weight excluding hydrogens is 358 g/mol. The zero-order chi connectivity index (χ0) is 17.9. The van der Waals surface area contributed by atoms with E-state index in [2.05, 4.69) is 15.0 Å². The van der Waals surface area contributed by atoms with Gasteiger partial charge in [0, 0.05) is 19.0 Å². The summed E-state index contributed by atoms with van der Waals surface area (Å²) in [6.45, 7) is 1.99. The van der Waals surface area contributed by atoms with Crippen molar-refractivity contribution in [3.05, 3.63) is 23.2 Å². The summed E-state index contributed by atoms with van der Waals surface area (Å²) in [5.41, 5.74) is 0.799. The number of nitrogens with one attached hydrogen (secondary N) is 2. The van der Waals surface area contributed by atoms with Gasteiger partial charge in [0.25, 0.3) is 0 Å². The summed E-state index contributed by atoms with van der Waals surface area (Å²) in [7, 11) is -3.62. The first kappa shape index (κ1) is 18.3. The number of carbonyl (C=O) groups is 1. The molecule has 0 radical (unpaired) electrons. The smallest absolute Gasteiger partial charge is 0.240 e. The first-order valence-electron chi connectivity index (χ1n) is 8.60. The molecule has 1 heterocycles. The van der Waals surface area contributed by atoms with E-state index in [0.29, 0.717) is 0 Å². The highest BCUT2D eigenvalue weighted by atomic mass is 32.2. The van der Waals surface area contributed by atoms with Crippen molar-refractivity contribution in [1.29, 1.82) is 0 Å². The summed E-state index contributed by atoms with van der Waals surface area (Å²) in [6.07, 6.45) is 5.72. The fourth-order valence-electron chi connectivity index (χ4n) is 3.12. The Bertz CT molecular complexity index is 855. The van der Waals surface area contributed by atoms with Crippen LogP contribution in [0.2, 0.25) is 0 Å². The lowest BCUT2D eigenvalue weighted by Gasteiger charge is -2.22. The molecule has 0 bridgehead atoms. The number of carbonyl (C=O) groups excluding carboxylic acids is 1. The quantitative estimate of drug-likeness (QED) is 0.805. The summed E-state index contributed by atoms with van der Waals surface area (Å²) in [4.78, 5) is 16.5. The van der Waals surface area contributed by atoms with Crippen molar-refractivity contribution in [3.8, 4) is 0 Å². The topological polar surface area (TPSA) is 88.2 Å². The van der Waals surface area contributed by atoms with E-state index in [9.17, 15) is 13.2 Å². The summed E-state index contributed by atoms with van der Waals surface area (Å²) in [6, 6.07) is 5.13. The zero-order valence-corrected chi connectivity index (χ0v) is 15.9. The van der Waals surface area contributed by atoms with Crippen LogP contribution >= 0.6 is 11.3 Å². The Morgan fingerprint density at radius 1 is 1.28 bits per heavy atom. The predicted octanol–water partition coefficient (Wildman–Crippen LogP) is 2.72. The number of aromatic nitrogens is 1. The third-order valence-corrected chi connectivity index (χ3v) is 6.78. The zero-order valence-electron chi connectivity index (χ0n) is 14.2. The molecular formula is C17H23N3O3S2. The molecule has 1 amide bonds. The number of amides is 1. The minimum Gasteiger partial charge on any atom is -0.353 e. The van der Waals surface area contributed by atoms with E-state index in [1.54, 1.807) is 18.2 Å². The minimum atomic E-state index is -3.62. The number of nitrogens with zero attached hydrogens (tertiary/aromatic N) is 1. The first-order valence-corrected chi connectivity index (χ1v) is 10.9. The Morgan fingerprint density at radius 3 is 2.80 bits per heavy atom. The van der Waals surface area contributed by atoms with Gasteiger partial charge in [-0.25, -0.2) is 18.1 Å². The molecule has 3 rings (SSSR count). The third-order valence-electron chi connectivity index (χ3n) is 4.39. The van der Waals surface area contributed by atoms with Crippen LogP contribution in [0.3, 0.4) is 0 Å². The van der Waals surface area contributed by atoms with Crippen LogP contribution in [0.4, 0.5) is 0 Å². The molecule has 0 saturated heterocycles. The Labute approximate surface area is 152 Å². The van der Waals surface area contributed by atoms with Crippen LogP contribution in [-0.4, -0.2) is 31.9 Å². The van der Waals surface area contributed by atoms with E-state index in [1.807, 2.05) is 6.92 Å². The lowest BCUT2D eigenvalue weighted by Crippen LogP contribution is -2.38. The molecule has 0 spiro atoms. The normalized spacial score (nSPS) is 16.2. The number of fused-ring (bicyclic) bond motifs is 1. The molecule has 2 aromatic rings. The summed E-state index contributed by atoms with van der Waals surface area (Å²) in [5, 5.41) is 3.89. The van der Waals surface area contributed by atoms with Gasteiger partial charge in [-0.2, -0.15) is 0 Å². The molecule has 0 aliphatic heterocycles. The number of rotatable bonds is 6. The van der Waals surface area contributed by atoms with E-state index in [-0.39, 0.29) is 29.8 Å². The second kappa shape index (κ2) is 7.80. The molecule has 0 unspecified atom stereocenters. The van der Waals surface area contributed by atoms with Gasteiger partial charge in [-0.15, -0.1) is 11.3 Å². The van der Waals surface area contributed by atoms with Gasteiger partial charge < -0.3 is 5.32 Å². The Kier molecular flexibility index (Phi) is 5.71. The van der Waals surface area contributed by atoms with Crippen molar-refractivity contribution in [2.45, 2.75) is 56.4 Å². The van der Waals surface area contributed by atoms with Crippen LogP contribution in [0.5, 0.6) is 0 Å². The number of thiazole rings is 1. The Morgan fingerprint density at radius 2 is 2.04 bits per heavy atom. The molecule has 25 heavy (non-hydrogen) atoms. The molecule has 8 heteroatoms. The van der Waals surface area contributed by atoms with E-state index in [0.717, 1.165) is 40.9 Å². The molecule has 1 aliphatic rings. The van der Waals surface area contributed by atoms with Crippen LogP contribution < -0.4 is 10.0 Å². The highest BCUT2D eigenvalue weighted by Crippen LogP contribution is 2.24. The molecule has 1 saturated carbocycles. The number of hydrogen-bond acceptors (Lipinski definition) is 5. The largest absolute Gasteiger partial charge is 0.353 e. The van der Waals surface area contributed by atoms with E-state index >= 15 is 0 Å². The highest BCUT2D eigenvalue weighted by Gasteiger charge is 2.18. The molecule has 1 aromatic heterocycles. The van der Waals surface area contributed by atoms with Crippen LogP contribution in [0.25, 0.3) is 10.2 Å². The third kappa shape index (κ3) is 4.77. The van der Waals surface area contributed by atoms with Gasteiger partial charge in [0.05, 0.1) is 20.1 Å². The highest BCUT2D eigenvalue weighted by molar-refractivity contribution is 7.89. The van der Waals surface area contributed by atoms with Crippen LogP contribution in [0, 0.1) is 6.92 Å². The lowest BCUT2D eigenvalue weighted by atomic mass is 9.95. The predicted molar refractivity (Wildman–Crippen MR) is 99.2 cm³/mol. The van der Waals surface area contributed by atoms with Crippen molar-refractivity contribution < 1.29 is 13.2 Å². The fraction of sp³-hybridized carbons (Fsp3) is 0.529. The van der Waals surface area contributed by atoms with E-state index < -0.39 is 10.0 Å². The number of aryl methyl sites for hydroxylation is 1. The molecule has 1 aliphatic carbocycles. The first-order chi connectivity index (χ1) is 11.9. The van der Waals surface area contributed by atoms with Gasteiger partial charge in [0.15, 0.2) is 0 Å². The molecule has 1 aromatic carbocycles. The molecule has 136 valence electrons. The van der Waals surface area contributed by atoms with Gasteiger partial charge in [-0.05, 0) is 38.0 Å². The van der Waals surface area contributed by atoms with Crippen LogP contribution in [-0.2, 0) is 14.8 Å². The van der Waals surface area contributed by atoms with Crippen molar-refractivity contribution >= 4 is 37.5 Å². The van der Waals surface area contributed by atoms with Gasteiger partial charge in [0.2, 0.25) is 15.9 Å². The summed E-state index contributed by atoms with van der Waals surface area (Å²) >= 11 is 1.46. The van der Waals surface area contributed by atoms with Crippen LogP contribution in [0.15, 0.2) is 23.1 Å².